The second kappa shape index (κ2) is 6.01. The first kappa shape index (κ1) is 14.7. The fraction of sp³-hybridized carbons (Fsp3) is 0.533. The monoisotopic (exact) mass is 249 g/mol. The molecule has 3 heteroatoms. The van der Waals surface area contributed by atoms with Gasteiger partial charge in [-0.05, 0) is 51.1 Å². The van der Waals surface area contributed by atoms with E-state index in [4.69, 9.17) is 5.11 Å². The molecule has 0 aliphatic carbocycles. The molecule has 18 heavy (non-hydrogen) atoms. The van der Waals surface area contributed by atoms with Crippen LogP contribution in [0.3, 0.4) is 0 Å². The highest BCUT2D eigenvalue weighted by atomic mass is 16.4. The zero-order valence-corrected chi connectivity index (χ0v) is 11.9. The summed E-state index contributed by atoms with van der Waals surface area (Å²) in [6, 6.07) is 6.51. The fourth-order valence-electron chi connectivity index (χ4n) is 2.05. The maximum absolute atomic E-state index is 11.0. The molecule has 0 amide bonds. The Morgan fingerprint density at radius 3 is 2.33 bits per heavy atom. The molecule has 0 radical (unpaired) electrons. The smallest absolute Gasteiger partial charge is 0.306 e. The van der Waals surface area contributed by atoms with Crippen molar-refractivity contribution in [2.45, 2.75) is 33.2 Å². The number of aliphatic carboxylic acids is 1. The van der Waals surface area contributed by atoms with Gasteiger partial charge in [0.05, 0.1) is 5.92 Å². The van der Waals surface area contributed by atoms with Crippen molar-refractivity contribution in [2.24, 2.45) is 5.92 Å². The van der Waals surface area contributed by atoms with Gasteiger partial charge >= 0.3 is 5.97 Å². The lowest BCUT2D eigenvalue weighted by Crippen LogP contribution is -2.24. The Kier molecular flexibility index (Phi) is 4.91. The minimum Gasteiger partial charge on any atom is -0.481 e. The lowest BCUT2D eigenvalue weighted by Gasteiger charge is -2.27. The Balaban J connectivity index is 2.97. The van der Waals surface area contributed by atoms with Crippen molar-refractivity contribution in [2.75, 3.05) is 14.1 Å². The Bertz CT molecular complexity index is 427. The average Bonchev–Trinajstić information content (AvgIpc) is 2.29. The van der Waals surface area contributed by atoms with Gasteiger partial charge in [0.25, 0.3) is 0 Å². The predicted octanol–water partition coefficient (Wildman–Crippen LogP) is 3.02. The van der Waals surface area contributed by atoms with Crippen LogP contribution in [0.15, 0.2) is 18.2 Å². The van der Waals surface area contributed by atoms with E-state index in [9.17, 15) is 4.79 Å². The molecule has 0 aromatic heterocycles. The molecule has 0 aliphatic heterocycles. The summed E-state index contributed by atoms with van der Waals surface area (Å²) < 4.78 is 0. The Morgan fingerprint density at radius 1 is 1.28 bits per heavy atom. The lowest BCUT2D eigenvalue weighted by molar-refractivity contribution is -0.141. The van der Waals surface area contributed by atoms with Crippen LogP contribution in [0, 0.1) is 19.8 Å². The van der Waals surface area contributed by atoms with E-state index in [1.807, 2.05) is 14.1 Å². The molecular weight excluding hydrogens is 226 g/mol. The Morgan fingerprint density at radius 2 is 1.89 bits per heavy atom. The molecule has 1 aromatic rings. The number of hydrogen-bond donors (Lipinski definition) is 1. The van der Waals surface area contributed by atoms with Crippen molar-refractivity contribution in [3.8, 4) is 0 Å². The van der Waals surface area contributed by atoms with E-state index in [1.165, 1.54) is 16.7 Å². The molecule has 0 bridgehead atoms. The van der Waals surface area contributed by atoms with Gasteiger partial charge in [-0.1, -0.05) is 25.1 Å². The number of rotatable bonds is 5. The third kappa shape index (κ3) is 3.57. The maximum Gasteiger partial charge on any atom is 0.306 e. The number of aryl methyl sites for hydroxylation is 2. The molecule has 0 heterocycles. The summed E-state index contributed by atoms with van der Waals surface area (Å²) in [5, 5.41) is 9.04. The molecule has 2 unspecified atom stereocenters. The van der Waals surface area contributed by atoms with Gasteiger partial charge in [0, 0.05) is 6.04 Å². The lowest BCUT2D eigenvalue weighted by atomic mass is 9.93. The average molecular weight is 249 g/mol. The van der Waals surface area contributed by atoms with Crippen LogP contribution in [-0.2, 0) is 4.79 Å². The number of carboxylic acids is 1. The number of hydrogen-bond acceptors (Lipinski definition) is 2. The van der Waals surface area contributed by atoms with Gasteiger partial charge < -0.3 is 10.0 Å². The van der Waals surface area contributed by atoms with E-state index in [0.29, 0.717) is 6.42 Å². The molecule has 0 aliphatic rings. The van der Waals surface area contributed by atoms with Crippen LogP contribution in [0.25, 0.3) is 0 Å². The zero-order chi connectivity index (χ0) is 13.9. The SMILES string of the molecule is Cc1ccc(C(CC(C)C(=O)O)N(C)C)cc1C. The molecule has 3 nitrogen and oxygen atoms in total. The molecular formula is C15H23NO2. The van der Waals surface area contributed by atoms with E-state index in [2.05, 4.69) is 36.9 Å². The van der Waals surface area contributed by atoms with E-state index < -0.39 is 5.97 Å². The van der Waals surface area contributed by atoms with Crippen molar-refractivity contribution < 1.29 is 9.90 Å². The molecule has 0 fully saturated rings. The molecule has 0 saturated carbocycles. The maximum atomic E-state index is 11.0. The second-order valence-electron chi connectivity index (χ2n) is 5.30. The summed E-state index contributed by atoms with van der Waals surface area (Å²) in [4.78, 5) is 13.1. The first-order valence-corrected chi connectivity index (χ1v) is 6.29. The summed E-state index contributed by atoms with van der Waals surface area (Å²) in [6.45, 7) is 5.94. The van der Waals surface area contributed by atoms with Gasteiger partial charge in [-0.3, -0.25) is 4.79 Å². The molecule has 0 spiro atoms. The molecule has 1 N–H and O–H groups in total. The minimum absolute atomic E-state index is 0.149. The quantitative estimate of drug-likeness (QED) is 0.872. The topological polar surface area (TPSA) is 40.5 Å². The summed E-state index contributed by atoms with van der Waals surface area (Å²) in [5.74, 6) is -1.07. The van der Waals surface area contributed by atoms with E-state index in [-0.39, 0.29) is 12.0 Å². The number of carboxylic acid groups (broad SMARTS) is 1. The highest BCUT2D eigenvalue weighted by molar-refractivity contribution is 5.69. The van der Waals surface area contributed by atoms with Crippen molar-refractivity contribution in [3.63, 3.8) is 0 Å². The zero-order valence-electron chi connectivity index (χ0n) is 11.9. The van der Waals surface area contributed by atoms with E-state index in [0.717, 1.165) is 0 Å². The number of benzene rings is 1. The minimum atomic E-state index is -0.731. The fourth-order valence-corrected chi connectivity index (χ4v) is 2.05. The van der Waals surface area contributed by atoms with Gasteiger partial charge in [-0.2, -0.15) is 0 Å². The standard InChI is InChI=1S/C15H23NO2/c1-10-6-7-13(8-11(10)2)14(16(4)5)9-12(3)15(17)18/h6-8,12,14H,9H2,1-5H3,(H,17,18). The van der Waals surface area contributed by atoms with Crippen molar-refractivity contribution in [3.05, 3.63) is 34.9 Å². The van der Waals surface area contributed by atoms with Crippen LogP contribution < -0.4 is 0 Å². The van der Waals surface area contributed by atoms with Crippen LogP contribution in [0.2, 0.25) is 0 Å². The second-order valence-corrected chi connectivity index (χ2v) is 5.30. The van der Waals surface area contributed by atoms with Crippen molar-refractivity contribution in [1.82, 2.24) is 4.90 Å². The molecule has 100 valence electrons. The first-order valence-electron chi connectivity index (χ1n) is 6.29. The highest BCUT2D eigenvalue weighted by Crippen LogP contribution is 2.27. The third-order valence-corrected chi connectivity index (χ3v) is 3.54. The molecule has 0 saturated heterocycles. The Hall–Kier alpha value is -1.35. The van der Waals surface area contributed by atoms with Crippen LogP contribution in [0.1, 0.15) is 36.1 Å². The van der Waals surface area contributed by atoms with Gasteiger partial charge in [0.1, 0.15) is 0 Å². The largest absolute Gasteiger partial charge is 0.481 e. The molecule has 2 atom stereocenters. The summed E-state index contributed by atoms with van der Waals surface area (Å²) in [5.41, 5.74) is 3.71. The highest BCUT2D eigenvalue weighted by Gasteiger charge is 2.21. The molecule has 1 aromatic carbocycles. The summed E-state index contributed by atoms with van der Waals surface area (Å²) in [7, 11) is 3.99. The van der Waals surface area contributed by atoms with Crippen LogP contribution in [-0.4, -0.2) is 30.1 Å². The predicted molar refractivity (Wildman–Crippen MR) is 73.8 cm³/mol. The van der Waals surface area contributed by atoms with Crippen molar-refractivity contribution in [1.29, 1.82) is 0 Å². The van der Waals surface area contributed by atoms with Crippen molar-refractivity contribution >= 4 is 5.97 Å². The Labute approximate surface area is 109 Å². The van der Waals surface area contributed by atoms with Gasteiger partial charge in [0.15, 0.2) is 0 Å². The van der Waals surface area contributed by atoms with E-state index >= 15 is 0 Å². The van der Waals surface area contributed by atoms with Gasteiger partial charge in [-0.25, -0.2) is 0 Å². The van der Waals surface area contributed by atoms with Crippen LogP contribution in [0.4, 0.5) is 0 Å². The normalized spacial score (nSPS) is 14.6. The third-order valence-electron chi connectivity index (χ3n) is 3.54. The van der Waals surface area contributed by atoms with E-state index in [1.54, 1.807) is 6.92 Å². The number of carbonyl (C=O) groups is 1. The first-order chi connectivity index (χ1) is 8.32. The van der Waals surface area contributed by atoms with Gasteiger partial charge in [0.2, 0.25) is 0 Å². The summed E-state index contributed by atoms with van der Waals surface area (Å²) in [6.07, 6.45) is 0.630. The summed E-state index contributed by atoms with van der Waals surface area (Å²) >= 11 is 0. The van der Waals surface area contributed by atoms with Crippen LogP contribution in [0.5, 0.6) is 0 Å². The van der Waals surface area contributed by atoms with Gasteiger partial charge in [-0.15, -0.1) is 0 Å². The molecule has 1 rings (SSSR count). The van der Waals surface area contributed by atoms with Crippen LogP contribution >= 0.6 is 0 Å². The number of nitrogens with zero attached hydrogens (tertiary/aromatic N) is 1.